The van der Waals surface area contributed by atoms with E-state index in [0.717, 1.165) is 4.88 Å². The molecule has 96 valence electrons. The molecule has 0 N–H and O–H groups in total. The number of thiophene rings is 1. The second kappa shape index (κ2) is 5.02. The van der Waals surface area contributed by atoms with Gasteiger partial charge in [-0.1, -0.05) is 24.3 Å². The van der Waals surface area contributed by atoms with Crippen molar-refractivity contribution in [2.45, 2.75) is 13.5 Å². The first-order valence-electron chi connectivity index (χ1n) is 6.09. The lowest BCUT2D eigenvalue weighted by Crippen LogP contribution is -1.94. The molecule has 0 bridgehead atoms. The van der Waals surface area contributed by atoms with Crippen LogP contribution < -0.4 is 4.74 Å². The summed E-state index contributed by atoms with van der Waals surface area (Å²) in [5.41, 5.74) is 1.26. The Bertz CT molecular complexity index is 718. The zero-order valence-electron chi connectivity index (χ0n) is 10.5. The Labute approximate surface area is 115 Å². The molecule has 0 radical (unpaired) electrons. The van der Waals surface area contributed by atoms with Gasteiger partial charge in [-0.05, 0) is 42.1 Å². The summed E-state index contributed by atoms with van der Waals surface area (Å²) in [6.07, 6.45) is 0. The Morgan fingerprint density at radius 2 is 1.95 bits per heavy atom. The number of hydrogen-bond acceptors (Lipinski definition) is 2. The van der Waals surface area contributed by atoms with E-state index < -0.39 is 0 Å². The second-order valence-corrected chi connectivity index (χ2v) is 5.59. The van der Waals surface area contributed by atoms with Crippen molar-refractivity contribution in [3.8, 4) is 5.75 Å². The summed E-state index contributed by atoms with van der Waals surface area (Å²) in [6, 6.07) is 14.8. The maximum atomic E-state index is 13.4. The van der Waals surface area contributed by atoms with Gasteiger partial charge >= 0.3 is 0 Å². The monoisotopic (exact) mass is 272 g/mol. The average Bonchev–Trinajstić information content (AvgIpc) is 2.82. The van der Waals surface area contributed by atoms with Crippen LogP contribution in [-0.4, -0.2) is 0 Å². The van der Waals surface area contributed by atoms with Gasteiger partial charge < -0.3 is 4.74 Å². The summed E-state index contributed by atoms with van der Waals surface area (Å²) in [7, 11) is 0. The van der Waals surface area contributed by atoms with Crippen LogP contribution in [0.2, 0.25) is 0 Å². The van der Waals surface area contributed by atoms with Crippen LogP contribution in [0.1, 0.15) is 10.4 Å². The highest BCUT2D eigenvalue weighted by molar-refractivity contribution is 7.19. The van der Waals surface area contributed by atoms with Gasteiger partial charge in [0, 0.05) is 9.58 Å². The van der Waals surface area contributed by atoms with E-state index in [1.54, 1.807) is 29.5 Å². The molecule has 1 heterocycles. The topological polar surface area (TPSA) is 9.23 Å². The predicted octanol–water partition coefficient (Wildman–Crippen LogP) is 4.93. The maximum Gasteiger partial charge on any atom is 0.165 e. The molecular formula is C16H13FOS. The lowest BCUT2D eigenvalue weighted by Gasteiger charge is -2.04. The number of para-hydroxylation sites is 1. The first-order valence-corrected chi connectivity index (χ1v) is 6.91. The minimum Gasteiger partial charge on any atom is -0.485 e. The number of rotatable bonds is 3. The van der Waals surface area contributed by atoms with E-state index >= 15 is 0 Å². The van der Waals surface area contributed by atoms with Gasteiger partial charge in [-0.15, -0.1) is 11.3 Å². The molecule has 0 aliphatic heterocycles. The van der Waals surface area contributed by atoms with Crippen LogP contribution >= 0.6 is 11.3 Å². The number of benzene rings is 2. The molecule has 1 nitrogen and oxygen atoms in total. The van der Waals surface area contributed by atoms with Gasteiger partial charge in [0.25, 0.3) is 0 Å². The molecule has 0 aliphatic carbocycles. The first-order chi connectivity index (χ1) is 9.24. The summed E-state index contributed by atoms with van der Waals surface area (Å²) < 4.78 is 20.2. The van der Waals surface area contributed by atoms with E-state index in [0.29, 0.717) is 12.4 Å². The molecule has 0 spiro atoms. The summed E-state index contributed by atoms with van der Waals surface area (Å²) in [4.78, 5) is 1.10. The Balaban J connectivity index is 1.83. The fourth-order valence-electron chi connectivity index (χ4n) is 2.04. The lowest BCUT2D eigenvalue weighted by molar-refractivity contribution is 0.293. The van der Waals surface area contributed by atoms with Crippen molar-refractivity contribution < 1.29 is 9.13 Å². The highest BCUT2D eigenvalue weighted by Crippen LogP contribution is 2.29. The molecule has 0 unspecified atom stereocenters. The van der Waals surface area contributed by atoms with E-state index in [9.17, 15) is 4.39 Å². The second-order valence-electron chi connectivity index (χ2n) is 4.42. The first kappa shape index (κ1) is 12.2. The Morgan fingerprint density at radius 3 is 2.74 bits per heavy atom. The molecule has 0 saturated carbocycles. The Morgan fingerprint density at radius 1 is 1.11 bits per heavy atom. The van der Waals surface area contributed by atoms with E-state index in [-0.39, 0.29) is 5.82 Å². The molecule has 0 amide bonds. The number of ether oxygens (including phenoxy) is 1. The summed E-state index contributed by atoms with van der Waals surface area (Å²) in [5, 5.41) is 1.25. The minimum absolute atomic E-state index is 0.302. The normalized spacial score (nSPS) is 10.8. The van der Waals surface area contributed by atoms with Gasteiger partial charge in [0.15, 0.2) is 11.6 Å². The molecule has 0 fully saturated rings. The molecule has 19 heavy (non-hydrogen) atoms. The van der Waals surface area contributed by atoms with Crippen LogP contribution in [0.15, 0.2) is 48.5 Å². The van der Waals surface area contributed by atoms with Crippen molar-refractivity contribution in [1.29, 1.82) is 0 Å². The summed E-state index contributed by atoms with van der Waals surface area (Å²) >= 11 is 1.69. The fraction of sp³-hybridized carbons (Fsp3) is 0.125. The quantitative estimate of drug-likeness (QED) is 0.657. The van der Waals surface area contributed by atoms with E-state index in [2.05, 4.69) is 31.2 Å². The van der Waals surface area contributed by atoms with Crippen LogP contribution in [-0.2, 0) is 6.61 Å². The van der Waals surface area contributed by atoms with Gasteiger partial charge in [-0.3, -0.25) is 0 Å². The number of fused-ring (bicyclic) bond motifs is 1. The van der Waals surface area contributed by atoms with Crippen LogP contribution in [0.4, 0.5) is 4.39 Å². The zero-order valence-corrected chi connectivity index (χ0v) is 11.3. The van der Waals surface area contributed by atoms with Crippen molar-refractivity contribution in [3.05, 3.63) is 64.8 Å². The smallest absolute Gasteiger partial charge is 0.165 e. The molecular weight excluding hydrogens is 259 g/mol. The Hall–Kier alpha value is -1.87. The maximum absolute atomic E-state index is 13.4. The van der Waals surface area contributed by atoms with Gasteiger partial charge in [0.05, 0.1) is 0 Å². The van der Waals surface area contributed by atoms with E-state index in [4.69, 9.17) is 4.74 Å². The molecule has 0 saturated heterocycles. The highest BCUT2D eigenvalue weighted by Gasteiger charge is 2.06. The Kier molecular flexibility index (Phi) is 3.22. The van der Waals surface area contributed by atoms with Crippen LogP contribution in [0.3, 0.4) is 0 Å². The van der Waals surface area contributed by atoms with Crippen molar-refractivity contribution in [2.24, 2.45) is 0 Å². The van der Waals surface area contributed by atoms with Gasteiger partial charge in [-0.2, -0.15) is 0 Å². The third-order valence-electron chi connectivity index (χ3n) is 3.04. The van der Waals surface area contributed by atoms with Gasteiger partial charge in [0.2, 0.25) is 0 Å². The molecule has 1 aromatic heterocycles. The fourth-order valence-corrected chi connectivity index (χ4v) is 3.09. The molecule has 3 aromatic rings. The van der Waals surface area contributed by atoms with Crippen LogP contribution in [0.5, 0.6) is 5.75 Å². The highest BCUT2D eigenvalue weighted by atomic mass is 32.1. The summed E-state index contributed by atoms with van der Waals surface area (Å²) in [6.45, 7) is 2.50. The largest absolute Gasteiger partial charge is 0.485 e. The number of halogens is 1. The van der Waals surface area contributed by atoms with Gasteiger partial charge in [0.1, 0.15) is 6.61 Å². The molecule has 3 heteroatoms. The third-order valence-corrected chi connectivity index (χ3v) is 4.11. The zero-order chi connectivity index (χ0) is 13.2. The number of aryl methyl sites for hydroxylation is 1. The predicted molar refractivity (Wildman–Crippen MR) is 77.3 cm³/mol. The number of hydrogen-bond donors (Lipinski definition) is 0. The van der Waals surface area contributed by atoms with E-state index in [1.165, 1.54) is 21.7 Å². The third kappa shape index (κ3) is 2.47. The molecule has 2 aromatic carbocycles. The average molecular weight is 272 g/mol. The standard InChI is InChI=1S/C16H13FOS/c1-11-5-4-8-16-13(11)9-12(19-16)10-18-15-7-3-2-6-14(15)17/h2-9H,10H2,1H3. The molecule has 3 rings (SSSR count). The van der Waals surface area contributed by atoms with Gasteiger partial charge in [-0.25, -0.2) is 4.39 Å². The van der Waals surface area contributed by atoms with Crippen LogP contribution in [0, 0.1) is 12.7 Å². The minimum atomic E-state index is -0.320. The van der Waals surface area contributed by atoms with Crippen LogP contribution in [0.25, 0.3) is 10.1 Å². The lowest BCUT2D eigenvalue weighted by atomic mass is 10.1. The van der Waals surface area contributed by atoms with Crippen molar-refractivity contribution in [3.63, 3.8) is 0 Å². The summed E-state index contributed by atoms with van der Waals surface area (Å²) in [5.74, 6) is -0.0172. The SMILES string of the molecule is Cc1cccc2sc(COc3ccccc3F)cc12. The van der Waals surface area contributed by atoms with Crippen molar-refractivity contribution in [2.75, 3.05) is 0 Å². The van der Waals surface area contributed by atoms with Crippen molar-refractivity contribution >= 4 is 21.4 Å². The molecule has 0 aliphatic rings. The molecule has 0 atom stereocenters. The van der Waals surface area contributed by atoms with E-state index in [1.807, 2.05) is 0 Å². The van der Waals surface area contributed by atoms with Crippen molar-refractivity contribution in [1.82, 2.24) is 0 Å².